The third-order valence-corrected chi connectivity index (χ3v) is 3.94. The summed E-state index contributed by atoms with van der Waals surface area (Å²) in [5.41, 5.74) is 2.76. The zero-order valence-corrected chi connectivity index (χ0v) is 14.5. The second-order valence-corrected chi connectivity index (χ2v) is 5.95. The van der Waals surface area contributed by atoms with Crippen LogP contribution in [-0.4, -0.2) is 18.5 Å². The zero-order valence-electron chi connectivity index (χ0n) is 14.5. The summed E-state index contributed by atoms with van der Waals surface area (Å²) in [6.45, 7) is -0.421. The van der Waals surface area contributed by atoms with E-state index in [2.05, 4.69) is 5.32 Å². The summed E-state index contributed by atoms with van der Waals surface area (Å²) in [4.78, 5) is 24.3. The number of carbonyl (C=O) groups is 2. The van der Waals surface area contributed by atoms with Gasteiger partial charge in [0.25, 0.3) is 5.91 Å². The van der Waals surface area contributed by atoms with Gasteiger partial charge in [-0.15, -0.1) is 0 Å². The lowest BCUT2D eigenvalue weighted by molar-refractivity contribution is -0.119. The molecule has 0 bridgehead atoms. The van der Waals surface area contributed by atoms with Crippen molar-refractivity contribution in [3.63, 3.8) is 0 Å². The Morgan fingerprint density at radius 2 is 1.52 bits per heavy atom. The molecular formula is C22H18FNO3. The Bertz CT molecular complexity index is 924. The van der Waals surface area contributed by atoms with Gasteiger partial charge in [-0.05, 0) is 47.9 Å². The smallest absolute Gasteiger partial charge is 0.338 e. The molecule has 0 saturated heterocycles. The molecule has 0 atom stereocenters. The van der Waals surface area contributed by atoms with E-state index in [1.807, 2.05) is 42.5 Å². The van der Waals surface area contributed by atoms with Crippen LogP contribution >= 0.6 is 0 Å². The minimum absolute atomic E-state index is 0.394. The normalized spacial score (nSPS) is 10.3. The highest BCUT2D eigenvalue weighted by molar-refractivity contribution is 5.96. The first kappa shape index (κ1) is 18.3. The van der Waals surface area contributed by atoms with Crippen molar-refractivity contribution in [3.05, 3.63) is 101 Å². The number of hydrogen-bond acceptors (Lipinski definition) is 3. The third kappa shape index (κ3) is 5.25. The van der Waals surface area contributed by atoms with Crippen molar-refractivity contribution >= 4 is 17.6 Å². The largest absolute Gasteiger partial charge is 0.452 e. The number of halogens is 1. The Hall–Kier alpha value is -3.47. The molecule has 3 aromatic rings. The van der Waals surface area contributed by atoms with E-state index in [0.29, 0.717) is 17.7 Å². The van der Waals surface area contributed by atoms with Crippen LogP contribution in [0.25, 0.3) is 0 Å². The molecule has 0 aromatic heterocycles. The lowest BCUT2D eigenvalue weighted by atomic mass is 10.00. The summed E-state index contributed by atoms with van der Waals surface area (Å²) in [6, 6.07) is 22.3. The van der Waals surface area contributed by atoms with E-state index in [4.69, 9.17) is 4.74 Å². The minimum atomic E-state index is -0.559. The molecule has 0 heterocycles. The van der Waals surface area contributed by atoms with Crippen molar-refractivity contribution in [2.45, 2.75) is 6.42 Å². The van der Waals surface area contributed by atoms with Crippen molar-refractivity contribution in [1.82, 2.24) is 0 Å². The predicted octanol–water partition coefficient (Wildman–Crippen LogP) is 4.21. The van der Waals surface area contributed by atoms with Crippen LogP contribution in [0.15, 0.2) is 78.9 Å². The molecule has 0 aliphatic carbocycles. The number of anilines is 1. The average molecular weight is 363 g/mol. The first-order valence-electron chi connectivity index (χ1n) is 8.46. The Kier molecular flexibility index (Phi) is 5.94. The molecule has 0 aliphatic heterocycles. The number of esters is 1. The van der Waals surface area contributed by atoms with Gasteiger partial charge in [0.1, 0.15) is 5.82 Å². The highest BCUT2D eigenvalue weighted by Crippen LogP contribution is 2.16. The van der Waals surface area contributed by atoms with Crippen LogP contribution < -0.4 is 5.32 Å². The molecular weight excluding hydrogens is 345 g/mol. The number of rotatable bonds is 6. The maximum absolute atomic E-state index is 12.9. The zero-order chi connectivity index (χ0) is 19.1. The van der Waals surface area contributed by atoms with E-state index >= 15 is 0 Å². The molecule has 1 N–H and O–H groups in total. The fraction of sp³-hybridized carbons (Fsp3) is 0.0909. The van der Waals surface area contributed by atoms with Crippen LogP contribution in [0, 0.1) is 5.82 Å². The van der Waals surface area contributed by atoms with Crippen molar-refractivity contribution in [2.24, 2.45) is 0 Å². The fourth-order valence-electron chi connectivity index (χ4n) is 2.63. The molecule has 5 heteroatoms. The Labute approximate surface area is 156 Å². The van der Waals surface area contributed by atoms with Crippen LogP contribution in [0.3, 0.4) is 0 Å². The van der Waals surface area contributed by atoms with Gasteiger partial charge in [-0.2, -0.15) is 0 Å². The highest BCUT2D eigenvalue weighted by atomic mass is 19.1. The quantitative estimate of drug-likeness (QED) is 0.668. The monoisotopic (exact) mass is 363 g/mol. The molecule has 1 amide bonds. The van der Waals surface area contributed by atoms with E-state index < -0.39 is 24.3 Å². The van der Waals surface area contributed by atoms with Crippen molar-refractivity contribution in [1.29, 1.82) is 0 Å². The SMILES string of the molecule is O=C(COC(=O)c1ccccc1Cc1ccccc1)Nc1ccc(F)cc1. The maximum atomic E-state index is 12.9. The number of amides is 1. The number of carbonyl (C=O) groups excluding carboxylic acids is 2. The van der Waals surface area contributed by atoms with Crippen molar-refractivity contribution in [2.75, 3.05) is 11.9 Å². The van der Waals surface area contributed by atoms with E-state index in [1.165, 1.54) is 24.3 Å². The summed E-state index contributed by atoms with van der Waals surface area (Å²) in [5.74, 6) is -1.44. The van der Waals surface area contributed by atoms with Crippen LogP contribution in [0.2, 0.25) is 0 Å². The predicted molar refractivity (Wildman–Crippen MR) is 101 cm³/mol. The van der Waals surface area contributed by atoms with Crippen molar-refractivity contribution in [3.8, 4) is 0 Å². The van der Waals surface area contributed by atoms with Crippen LogP contribution in [-0.2, 0) is 16.0 Å². The molecule has 136 valence electrons. The Balaban J connectivity index is 1.61. The molecule has 3 aromatic carbocycles. The van der Waals surface area contributed by atoms with E-state index in [-0.39, 0.29) is 0 Å². The molecule has 3 rings (SSSR count). The van der Waals surface area contributed by atoms with E-state index in [9.17, 15) is 14.0 Å². The van der Waals surface area contributed by atoms with Gasteiger partial charge >= 0.3 is 5.97 Å². The number of nitrogens with one attached hydrogen (secondary N) is 1. The Morgan fingerprint density at radius 1 is 0.852 bits per heavy atom. The molecule has 0 fully saturated rings. The lowest BCUT2D eigenvalue weighted by Gasteiger charge is -2.10. The molecule has 0 spiro atoms. The number of hydrogen-bond donors (Lipinski definition) is 1. The number of benzene rings is 3. The van der Waals surface area contributed by atoms with Gasteiger partial charge < -0.3 is 10.1 Å². The summed E-state index contributed by atoms with van der Waals surface area (Å²) < 4.78 is 18.0. The second kappa shape index (κ2) is 8.76. The average Bonchev–Trinajstić information content (AvgIpc) is 2.69. The van der Waals surface area contributed by atoms with Gasteiger partial charge in [0, 0.05) is 5.69 Å². The molecule has 0 radical (unpaired) electrons. The molecule has 27 heavy (non-hydrogen) atoms. The van der Waals surface area contributed by atoms with Gasteiger partial charge in [0.2, 0.25) is 0 Å². The summed E-state index contributed by atoms with van der Waals surface area (Å²) >= 11 is 0. The van der Waals surface area contributed by atoms with Crippen molar-refractivity contribution < 1.29 is 18.7 Å². The summed E-state index contributed by atoms with van der Waals surface area (Å²) in [6.07, 6.45) is 0.591. The van der Waals surface area contributed by atoms with E-state index in [0.717, 1.165) is 11.1 Å². The van der Waals surface area contributed by atoms with Gasteiger partial charge in [-0.25, -0.2) is 9.18 Å². The first-order valence-corrected chi connectivity index (χ1v) is 8.46. The lowest BCUT2D eigenvalue weighted by Crippen LogP contribution is -2.21. The molecule has 0 unspecified atom stereocenters. The minimum Gasteiger partial charge on any atom is -0.452 e. The van der Waals surface area contributed by atoms with Gasteiger partial charge in [0.15, 0.2) is 6.61 Å². The molecule has 4 nitrogen and oxygen atoms in total. The number of ether oxygens (including phenoxy) is 1. The standard InChI is InChI=1S/C22H18FNO3/c23-18-10-12-19(13-11-18)24-21(25)15-27-22(26)20-9-5-4-8-17(20)14-16-6-2-1-3-7-16/h1-13H,14-15H2,(H,24,25). The van der Waals surface area contributed by atoms with Gasteiger partial charge in [-0.1, -0.05) is 48.5 Å². The third-order valence-electron chi connectivity index (χ3n) is 3.94. The molecule has 0 aliphatic rings. The fourth-order valence-corrected chi connectivity index (χ4v) is 2.63. The summed E-state index contributed by atoms with van der Waals surface area (Å²) in [7, 11) is 0. The second-order valence-electron chi connectivity index (χ2n) is 5.95. The molecule has 0 saturated carbocycles. The summed E-state index contributed by atoms with van der Waals surface area (Å²) in [5, 5.41) is 2.55. The first-order chi connectivity index (χ1) is 13.1. The maximum Gasteiger partial charge on any atom is 0.338 e. The highest BCUT2D eigenvalue weighted by Gasteiger charge is 2.14. The van der Waals surface area contributed by atoms with Crippen LogP contribution in [0.5, 0.6) is 0 Å². The van der Waals surface area contributed by atoms with Crippen LogP contribution in [0.4, 0.5) is 10.1 Å². The Morgan fingerprint density at radius 3 is 2.26 bits per heavy atom. The van der Waals surface area contributed by atoms with Crippen LogP contribution in [0.1, 0.15) is 21.5 Å². The van der Waals surface area contributed by atoms with Gasteiger partial charge in [0.05, 0.1) is 5.56 Å². The van der Waals surface area contributed by atoms with Gasteiger partial charge in [-0.3, -0.25) is 4.79 Å². The van der Waals surface area contributed by atoms with E-state index in [1.54, 1.807) is 12.1 Å². The topological polar surface area (TPSA) is 55.4 Å².